The summed E-state index contributed by atoms with van der Waals surface area (Å²) in [5, 5.41) is 2.65. The molecule has 3 saturated carbocycles. The summed E-state index contributed by atoms with van der Waals surface area (Å²) in [4.78, 5) is 43.1. The monoisotopic (exact) mass is 385 g/mol. The fourth-order valence-corrected chi connectivity index (χ4v) is 5.46. The number of pyridine rings is 1. The van der Waals surface area contributed by atoms with Gasteiger partial charge in [0.25, 0.3) is 0 Å². The van der Waals surface area contributed by atoms with Gasteiger partial charge in [0.05, 0.1) is 17.3 Å². The number of nitrogens with zero attached hydrogens (tertiary/aromatic N) is 2. The second-order valence-electron chi connectivity index (χ2n) is 9.07. The Labute approximate surface area is 164 Å². The highest BCUT2D eigenvalue weighted by Crippen LogP contribution is 2.75. The molecule has 28 heavy (non-hydrogen) atoms. The van der Waals surface area contributed by atoms with Gasteiger partial charge in [-0.1, -0.05) is 6.92 Å². The second-order valence-corrected chi connectivity index (χ2v) is 9.07. The zero-order valence-electron chi connectivity index (χ0n) is 16.3. The molecule has 3 aliphatic carbocycles. The lowest BCUT2D eigenvalue weighted by Crippen LogP contribution is -2.74. The molecule has 5 N–H and O–H groups in total. The Hall–Kier alpha value is -2.64. The molecule has 1 aromatic rings. The lowest BCUT2D eigenvalue weighted by molar-refractivity contribution is -0.235. The molecule has 0 unspecified atom stereocenters. The Kier molecular flexibility index (Phi) is 4.13. The first kappa shape index (κ1) is 18.7. The summed E-state index contributed by atoms with van der Waals surface area (Å²) >= 11 is 0. The molecular formula is C20H27N5O3. The van der Waals surface area contributed by atoms with Crippen molar-refractivity contribution in [2.75, 3.05) is 17.6 Å². The van der Waals surface area contributed by atoms with Crippen LogP contribution in [0.1, 0.15) is 44.6 Å². The van der Waals surface area contributed by atoms with Crippen molar-refractivity contribution in [3.05, 3.63) is 17.8 Å². The van der Waals surface area contributed by atoms with Crippen LogP contribution in [0.4, 0.5) is 11.5 Å². The Morgan fingerprint density at radius 1 is 1.25 bits per heavy atom. The average Bonchev–Trinajstić information content (AvgIpc) is 2.56. The Morgan fingerprint density at radius 3 is 2.54 bits per heavy atom. The van der Waals surface area contributed by atoms with E-state index in [1.165, 1.54) is 6.20 Å². The molecule has 5 rings (SSSR count). The van der Waals surface area contributed by atoms with Gasteiger partial charge in [0.1, 0.15) is 5.82 Å². The smallest absolute Gasteiger partial charge is 0.313 e. The normalized spacial score (nSPS) is 33.4. The molecule has 1 aliphatic heterocycles. The van der Waals surface area contributed by atoms with Crippen LogP contribution >= 0.6 is 0 Å². The van der Waals surface area contributed by atoms with Crippen molar-refractivity contribution < 1.29 is 14.4 Å². The van der Waals surface area contributed by atoms with Gasteiger partial charge in [-0.2, -0.15) is 0 Å². The van der Waals surface area contributed by atoms with Crippen molar-refractivity contribution in [2.45, 2.75) is 52.0 Å². The predicted molar refractivity (Wildman–Crippen MR) is 104 cm³/mol. The zero-order chi connectivity index (χ0) is 20.3. The Bertz CT molecular complexity index is 848. The summed E-state index contributed by atoms with van der Waals surface area (Å²) in [6.45, 7) is 4.44. The zero-order valence-corrected chi connectivity index (χ0v) is 16.3. The number of nitrogens with two attached hydrogens (primary N) is 2. The Balaban J connectivity index is 1.48. The number of amides is 3. The summed E-state index contributed by atoms with van der Waals surface area (Å²) in [7, 11) is 0. The van der Waals surface area contributed by atoms with E-state index in [4.69, 9.17) is 11.5 Å². The fraction of sp³-hybridized carbons (Fsp3) is 0.600. The van der Waals surface area contributed by atoms with Crippen LogP contribution in [0.5, 0.6) is 0 Å². The van der Waals surface area contributed by atoms with Crippen molar-refractivity contribution in [2.24, 2.45) is 22.5 Å². The van der Waals surface area contributed by atoms with Gasteiger partial charge in [0.2, 0.25) is 5.91 Å². The lowest BCUT2D eigenvalue weighted by Gasteiger charge is -2.73. The fourth-order valence-electron chi connectivity index (χ4n) is 5.46. The van der Waals surface area contributed by atoms with E-state index >= 15 is 0 Å². The number of nitrogen functional groups attached to an aromatic ring is 1. The summed E-state index contributed by atoms with van der Waals surface area (Å²) in [6, 6.07) is 1.69. The van der Waals surface area contributed by atoms with Gasteiger partial charge in [0.15, 0.2) is 0 Å². The van der Waals surface area contributed by atoms with Gasteiger partial charge >= 0.3 is 11.8 Å². The number of carbonyl (C=O) groups excluding carboxylic acids is 3. The number of anilines is 2. The van der Waals surface area contributed by atoms with Crippen LogP contribution in [-0.4, -0.2) is 40.2 Å². The van der Waals surface area contributed by atoms with Crippen molar-refractivity contribution in [3.8, 4) is 0 Å². The molecule has 150 valence electrons. The molecule has 0 radical (unpaired) electrons. The number of hydrogen-bond acceptors (Lipinski definition) is 5. The molecule has 8 heteroatoms. The molecule has 0 aromatic carbocycles. The third-order valence-corrected chi connectivity index (χ3v) is 6.95. The standard InChI is InChI=1S/C20H27N5O3/c1-11-3-4-14(19-8-20(9-19,10-19)18(22)28)25(7-11)17(27)16(26)24-13-5-12(2)15(21)23-6-13/h5-6,11,14H,3-4,7-10H2,1-2H3,(H2,21,23)(H2,22,28)(H,24,26)/t11-,14+,19?,20?/m0/s1. The van der Waals surface area contributed by atoms with Crippen molar-refractivity contribution in [1.82, 2.24) is 9.88 Å². The minimum atomic E-state index is -0.665. The summed E-state index contributed by atoms with van der Waals surface area (Å²) < 4.78 is 0. The molecular weight excluding hydrogens is 358 g/mol. The highest BCUT2D eigenvalue weighted by Gasteiger charge is 2.74. The number of aromatic nitrogens is 1. The van der Waals surface area contributed by atoms with Gasteiger partial charge in [-0.15, -0.1) is 0 Å². The SMILES string of the molecule is Cc1cc(NC(=O)C(=O)N2C[C@@H](C)CC[C@@H]2C23CC(C(N)=O)(C2)C3)cnc1N. The second kappa shape index (κ2) is 6.18. The Morgan fingerprint density at radius 2 is 1.93 bits per heavy atom. The first-order valence-electron chi connectivity index (χ1n) is 9.80. The summed E-state index contributed by atoms with van der Waals surface area (Å²) in [6.07, 6.45) is 5.53. The topological polar surface area (TPSA) is 131 Å². The molecule has 4 fully saturated rings. The highest BCUT2D eigenvalue weighted by atomic mass is 16.2. The third kappa shape index (κ3) is 2.73. The number of hydrogen-bond donors (Lipinski definition) is 3. The van der Waals surface area contributed by atoms with Gasteiger partial charge in [0, 0.05) is 12.6 Å². The van der Waals surface area contributed by atoms with Gasteiger partial charge < -0.3 is 21.7 Å². The lowest BCUT2D eigenvalue weighted by atomic mass is 9.32. The van der Waals surface area contributed by atoms with E-state index in [0.29, 0.717) is 24.0 Å². The number of primary amides is 1. The van der Waals surface area contributed by atoms with Crippen LogP contribution in [0.3, 0.4) is 0 Å². The van der Waals surface area contributed by atoms with Crippen molar-refractivity contribution in [3.63, 3.8) is 0 Å². The molecule has 8 nitrogen and oxygen atoms in total. The van der Waals surface area contributed by atoms with Crippen LogP contribution < -0.4 is 16.8 Å². The van der Waals surface area contributed by atoms with E-state index in [1.807, 2.05) is 0 Å². The maximum atomic E-state index is 13.0. The van der Waals surface area contributed by atoms with E-state index < -0.39 is 11.8 Å². The van der Waals surface area contributed by atoms with Crippen molar-refractivity contribution in [1.29, 1.82) is 0 Å². The van der Waals surface area contributed by atoms with Crippen LogP contribution in [0, 0.1) is 23.7 Å². The van der Waals surface area contributed by atoms with Gasteiger partial charge in [-0.05, 0) is 62.0 Å². The van der Waals surface area contributed by atoms with Gasteiger partial charge in [-0.3, -0.25) is 14.4 Å². The van der Waals surface area contributed by atoms with Crippen LogP contribution in [0.2, 0.25) is 0 Å². The maximum Gasteiger partial charge on any atom is 0.313 e. The highest BCUT2D eigenvalue weighted by molar-refractivity contribution is 6.39. The molecule has 1 saturated heterocycles. The third-order valence-electron chi connectivity index (χ3n) is 6.95. The van der Waals surface area contributed by atoms with E-state index in [9.17, 15) is 14.4 Å². The quantitative estimate of drug-likeness (QED) is 0.673. The van der Waals surface area contributed by atoms with Crippen LogP contribution in [0.25, 0.3) is 0 Å². The molecule has 0 spiro atoms. The number of carbonyl (C=O) groups is 3. The van der Waals surface area contributed by atoms with E-state index in [2.05, 4.69) is 17.2 Å². The molecule has 3 amide bonds. The minimum Gasteiger partial charge on any atom is -0.383 e. The minimum absolute atomic E-state index is 0.00514. The predicted octanol–water partition coefficient (Wildman–Crippen LogP) is 1.19. The van der Waals surface area contributed by atoms with Crippen molar-refractivity contribution >= 4 is 29.2 Å². The maximum absolute atomic E-state index is 13.0. The molecule has 1 aromatic heterocycles. The van der Waals surface area contributed by atoms with Crippen LogP contribution in [-0.2, 0) is 14.4 Å². The van der Waals surface area contributed by atoms with E-state index in [0.717, 1.165) is 37.7 Å². The number of piperidine rings is 1. The first-order valence-corrected chi connectivity index (χ1v) is 9.80. The molecule has 4 aliphatic rings. The van der Waals surface area contributed by atoms with Crippen LogP contribution in [0.15, 0.2) is 12.3 Å². The summed E-state index contributed by atoms with van der Waals surface area (Å²) in [5.74, 6) is -0.697. The first-order chi connectivity index (χ1) is 13.2. The summed E-state index contributed by atoms with van der Waals surface area (Å²) in [5.41, 5.74) is 12.0. The number of aryl methyl sites for hydroxylation is 1. The average molecular weight is 385 g/mol. The largest absolute Gasteiger partial charge is 0.383 e. The van der Waals surface area contributed by atoms with E-state index in [-0.39, 0.29) is 22.8 Å². The number of nitrogens with one attached hydrogen (secondary N) is 1. The molecule has 2 bridgehead atoms. The molecule has 2 atom stereocenters. The van der Waals surface area contributed by atoms with Gasteiger partial charge in [-0.25, -0.2) is 4.98 Å². The van der Waals surface area contributed by atoms with E-state index in [1.54, 1.807) is 17.9 Å². The number of rotatable bonds is 3. The molecule has 2 heterocycles. The number of likely N-dealkylation sites (tertiary alicyclic amines) is 1.